The van der Waals surface area contributed by atoms with Crippen molar-refractivity contribution in [1.29, 1.82) is 0 Å². The number of likely N-dealkylation sites (N-methyl/N-ethyl adjacent to an activating group) is 1. The maximum atomic E-state index is 9.89. The molecule has 0 radical (unpaired) electrons. The number of aliphatic carboxylic acids is 1. The highest BCUT2D eigenvalue weighted by Gasteiger charge is 2.04. The van der Waals surface area contributed by atoms with Gasteiger partial charge in [-0.3, -0.25) is 0 Å². The molecule has 0 heterocycles. The Morgan fingerprint density at radius 3 is 1.78 bits per heavy atom. The van der Waals surface area contributed by atoms with Gasteiger partial charge in [0.1, 0.15) is 6.54 Å². The molecule has 0 fully saturated rings. The minimum absolute atomic E-state index is 0. The van der Waals surface area contributed by atoms with Crippen LogP contribution in [0.5, 0.6) is 0 Å². The second-order valence-corrected chi connectivity index (χ2v) is 2.82. The van der Waals surface area contributed by atoms with Gasteiger partial charge in [-0.1, -0.05) is 0 Å². The Hall–Kier alpha value is -0.610. The van der Waals surface area contributed by atoms with Gasteiger partial charge in [-0.05, 0) is 0 Å². The molecule has 0 aromatic heterocycles. The fourth-order valence-corrected chi connectivity index (χ4v) is 0.387. The molecule has 0 amide bonds. The van der Waals surface area contributed by atoms with Gasteiger partial charge in [0.05, 0.1) is 27.1 Å². The lowest BCUT2D eigenvalue weighted by Gasteiger charge is -2.23. The van der Waals surface area contributed by atoms with Gasteiger partial charge in [0.15, 0.2) is 0 Å². The summed E-state index contributed by atoms with van der Waals surface area (Å²) in [5.41, 5.74) is 0. The molecule has 0 atom stereocenters. The second kappa shape index (κ2) is 3.42. The lowest BCUT2D eigenvalue weighted by molar-refractivity contribution is -0.864. The zero-order chi connectivity index (χ0) is 6.78. The molecule has 0 saturated carbocycles. The third-order valence-electron chi connectivity index (χ3n) is 0.603. The summed E-state index contributed by atoms with van der Waals surface area (Å²) in [7, 11) is 5.40. The lowest BCUT2D eigenvalue weighted by atomic mass is 10.5. The van der Waals surface area contributed by atoms with Gasteiger partial charge in [0.25, 0.3) is 0 Å². The molecule has 0 rings (SSSR count). The van der Waals surface area contributed by atoms with Crippen molar-refractivity contribution < 1.29 is 19.9 Å². The highest BCUT2D eigenvalue weighted by molar-refractivity contribution is 5.65. The topological polar surface area (TPSA) is 71.6 Å². The van der Waals surface area contributed by atoms with E-state index in [1.807, 2.05) is 0 Å². The van der Waals surface area contributed by atoms with Crippen LogP contribution in [0, 0.1) is 0 Å². The number of carbonyl (C=O) groups is 1. The Morgan fingerprint density at radius 2 is 1.78 bits per heavy atom. The molecule has 4 heteroatoms. The molecule has 0 aliphatic rings. The number of carbonyl (C=O) groups excluding carboxylic acids is 1. The van der Waals surface area contributed by atoms with Crippen molar-refractivity contribution in [3.05, 3.63) is 0 Å². The number of hydrogen-bond donors (Lipinski definition) is 0. The standard InChI is InChI=1S/C5H11NO2.H2O/c1-6(2,3)4-5(7)8;/h4H2,1-3H3;1H2. The maximum Gasteiger partial charge on any atom is 0.118 e. The first kappa shape index (κ1) is 11.2. The highest BCUT2D eigenvalue weighted by atomic mass is 16.4. The van der Waals surface area contributed by atoms with E-state index >= 15 is 0 Å². The van der Waals surface area contributed by atoms with Gasteiger partial charge in [-0.25, -0.2) is 0 Å². The predicted octanol–water partition coefficient (Wildman–Crippen LogP) is -2.38. The van der Waals surface area contributed by atoms with E-state index in [9.17, 15) is 9.90 Å². The van der Waals surface area contributed by atoms with E-state index in [4.69, 9.17) is 0 Å². The summed E-state index contributed by atoms with van der Waals surface area (Å²) in [5.74, 6) is -1.00. The zero-order valence-corrected chi connectivity index (χ0v) is 5.97. The number of nitrogens with zero attached hydrogens (tertiary/aromatic N) is 1. The first-order valence-electron chi connectivity index (χ1n) is 2.42. The molecule has 0 aliphatic carbocycles. The number of hydrogen-bond acceptors (Lipinski definition) is 2. The number of carboxylic acids is 1. The normalized spacial score (nSPS) is 10.1. The molecule has 56 valence electrons. The highest BCUT2D eigenvalue weighted by Crippen LogP contribution is 1.84. The molecule has 0 spiro atoms. The maximum absolute atomic E-state index is 9.89. The summed E-state index contributed by atoms with van der Waals surface area (Å²) in [6, 6.07) is 0. The molecule has 0 aliphatic heterocycles. The summed E-state index contributed by atoms with van der Waals surface area (Å²) >= 11 is 0. The summed E-state index contributed by atoms with van der Waals surface area (Å²) in [4.78, 5) is 9.89. The molecule has 4 nitrogen and oxygen atoms in total. The van der Waals surface area contributed by atoms with Crippen LogP contribution in [-0.2, 0) is 4.79 Å². The Morgan fingerprint density at radius 1 is 1.44 bits per heavy atom. The van der Waals surface area contributed by atoms with Crippen molar-refractivity contribution in [3.8, 4) is 0 Å². The zero-order valence-electron chi connectivity index (χ0n) is 5.97. The van der Waals surface area contributed by atoms with E-state index in [0.29, 0.717) is 4.48 Å². The first-order valence-corrected chi connectivity index (χ1v) is 2.42. The average Bonchev–Trinajstić information content (AvgIpc) is 1.21. The number of carboxylic acid groups (broad SMARTS) is 1. The van der Waals surface area contributed by atoms with Crippen LogP contribution in [0.25, 0.3) is 0 Å². The molecule has 0 bridgehead atoms. The molecule has 0 aromatic rings. The smallest absolute Gasteiger partial charge is 0.118 e. The Bertz CT molecular complexity index is 94.9. The third-order valence-corrected chi connectivity index (χ3v) is 0.603. The fourth-order valence-electron chi connectivity index (χ4n) is 0.387. The first-order chi connectivity index (χ1) is 3.42. The van der Waals surface area contributed by atoms with E-state index in [1.54, 1.807) is 21.1 Å². The minimum Gasteiger partial charge on any atom is -0.544 e. The fraction of sp³-hybridized carbons (Fsp3) is 0.800. The molecular formula is C5H13NO3. The summed E-state index contributed by atoms with van der Waals surface area (Å²) in [5, 5.41) is 9.89. The number of rotatable bonds is 2. The van der Waals surface area contributed by atoms with Gasteiger partial charge >= 0.3 is 0 Å². The largest absolute Gasteiger partial charge is 0.544 e. The van der Waals surface area contributed by atoms with Crippen LogP contribution in [0.2, 0.25) is 0 Å². The van der Waals surface area contributed by atoms with Crippen molar-refractivity contribution in [2.24, 2.45) is 0 Å². The molecular weight excluding hydrogens is 122 g/mol. The van der Waals surface area contributed by atoms with E-state index < -0.39 is 5.97 Å². The minimum atomic E-state index is -1.00. The van der Waals surface area contributed by atoms with Crippen LogP contribution in [0.15, 0.2) is 0 Å². The Labute approximate surface area is 54.6 Å². The predicted molar refractivity (Wildman–Crippen MR) is 31.5 cm³/mol. The van der Waals surface area contributed by atoms with E-state index in [0.717, 1.165) is 0 Å². The Kier molecular flexibility index (Phi) is 4.27. The van der Waals surface area contributed by atoms with Crippen LogP contribution >= 0.6 is 0 Å². The quantitative estimate of drug-likeness (QED) is 0.396. The van der Waals surface area contributed by atoms with Gasteiger partial charge in [-0.2, -0.15) is 0 Å². The average molecular weight is 135 g/mol. The molecule has 0 saturated heterocycles. The van der Waals surface area contributed by atoms with Gasteiger partial charge in [0.2, 0.25) is 0 Å². The van der Waals surface area contributed by atoms with E-state index in [-0.39, 0.29) is 12.0 Å². The van der Waals surface area contributed by atoms with E-state index in [1.165, 1.54) is 0 Å². The molecule has 9 heavy (non-hydrogen) atoms. The van der Waals surface area contributed by atoms with E-state index in [2.05, 4.69) is 0 Å². The summed E-state index contributed by atoms with van der Waals surface area (Å²) < 4.78 is 0.419. The van der Waals surface area contributed by atoms with Gasteiger partial charge in [-0.15, -0.1) is 0 Å². The Balaban J connectivity index is 0. The molecule has 2 N–H and O–H groups in total. The summed E-state index contributed by atoms with van der Waals surface area (Å²) in [6.45, 7) is 0.0694. The van der Waals surface area contributed by atoms with Crippen molar-refractivity contribution >= 4 is 5.97 Å². The lowest BCUT2D eigenvalue weighted by Crippen LogP contribution is -2.45. The van der Waals surface area contributed by atoms with Gasteiger partial charge in [0, 0.05) is 0 Å². The summed E-state index contributed by atoms with van der Waals surface area (Å²) in [6.07, 6.45) is 0. The number of quaternary nitrogens is 1. The van der Waals surface area contributed by atoms with Crippen LogP contribution < -0.4 is 5.11 Å². The van der Waals surface area contributed by atoms with Crippen molar-refractivity contribution in [1.82, 2.24) is 0 Å². The molecule has 0 aromatic carbocycles. The molecule has 0 unspecified atom stereocenters. The van der Waals surface area contributed by atoms with Crippen molar-refractivity contribution in [3.63, 3.8) is 0 Å². The van der Waals surface area contributed by atoms with Crippen LogP contribution in [0.1, 0.15) is 0 Å². The second-order valence-electron chi connectivity index (χ2n) is 2.82. The van der Waals surface area contributed by atoms with Crippen molar-refractivity contribution in [2.45, 2.75) is 0 Å². The van der Waals surface area contributed by atoms with Crippen LogP contribution in [-0.4, -0.2) is 43.6 Å². The van der Waals surface area contributed by atoms with Crippen LogP contribution in [0.3, 0.4) is 0 Å². The van der Waals surface area contributed by atoms with Crippen molar-refractivity contribution in [2.75, 3.05) is 27.7 Å². The monoisotopic (exact) mass is 135 g/mol. The third kappa shape index (κ3) is 11.1. The SMILES string of the molecule is C[N+](C)(C)CC(=O)[O-].O. The van der Waals surface area contributed by atoms with Crippen LogP contribution in [0.4, 0.5) is 0 Å². The van der Waals surface area contributed by atoms with Gasteiger partial charge < -0.3 is 19.9 Å².